The van der Waals surface area contributed by atoms with E-state index < -0.39 is 6.10 Å². The van der Waals surface area contributed by atoms with Crippen LogP contribution in [0.1, 0.15) is 40.7 Å². The number of ether oxygens (including phenoxy) is 2. The van der Waals surface area contributed by atoms with E-state index in [0.717, 1.165) is 45.4 Å². The van der Waals surface area contributed by atoms with Crippen molar-refractivity contribution in [2.24, 2.45) is 0 Å². The average molecular weight is 484 g/mol. The van der Waals surface area contributed by atoms with Crippen molar-refractivity contribution in [1.82, 2.24) is 15.5 Å². The van der Waals surface area contributed by atoms with Crippen LogP contribution in [0, 0.1) is 0 Å². The van der Waals surface area contributed by atoms with E-state index in [1.165, 1.54) is 11.1 Å². The number of rotatable bonds is 14. The molecule has 8 heteroatoms. The molecule has 190 valence electrons. The van der Waals surface area contributed by atoms with E-state index in [4.69, 9.17) is 9.47 Å². The lowest BCUT2D eigenvalue weighted by Crippen LogP contribution is -2.42. The topological polar surface area (TPSA) is 100 Å². The molecule has 35 heavy (non-hydrogen) atoms. The van der Waals surface area contributed by atoms with Crippen LogP contribution in [0.2, 0.25) is 0 Å². The summed E-state index contributed by atoms with van der Waals surface area (Å²) in [7, 11) is 1.68. The number of amides is 2. The normalized spacial score (nSPS) is 14.1. The van der Waals surface area contributed by atoms with E-state index in [0.29, 0.717) is 24.4 Å². The molecule has 0 radical (unpaired) electrons. The van der Waals surface area contributed by atoms with Gasteiger partial charge in [0, 0.05) is 52.0 Å². The third-order valence-corrected chi connectivity index (χ3v) is 5.99. The molecule has 1 atom stereocenters. The van der Waals surface area contributed by atoms with Crippen LogP contribution in [-0.2, 0) is 22.5 Å². The molecule has 3 rings (SSSR count). The predicted molar refractivity (Wildman–Crippen MR) is 134 cm³/mol. The molecule has 0 saturated heterocycles. The maximum absolute atomic E-state index is 12.3. The maximum Gasteiger partial charge on any atom is 0.258 e. The van der Waals surface area contributed by atoms with Gasteiger partial charge in [-0.3, -0.25) is 14.5 Å². The van der Waals surface area contributed by atoms with Crippen molar-refractivity contribution in [2.45, 2.75) is 38.3 Å². The first-order valence-corrected chi connectivity index (χ1v) is 12.3. The van der Waals surface area contributed by atoms with E-state index in [-0.39, 0.29) is 25.0 Å². The van der Waals surface area contributed by atoms with Crippen molar-refractivity contribution in [3.63, 3.8) is 0 Å². The molecule has 1 heterocycles. The van der Waals surface area contributed by atoms with Crippen molar-refractivity contribution >= 4 is 11.8 Å². The number of aliphatic hydroxyl groups is 1. The molecule has 8 nitrogen and oxygen atoms in total. The number of benzene rings is 2. The lowest BCUT2D eigenvalue weighted by Gasteiger charge is -2.30. The summed E-state index contributed by atoms with van der Waals surface area (Å²) in [6, 6.07) is 15.1. The molecule has 0 saturated carbocycles. The molecule has 0 aromatic heterocycles. The van der Waals surface area contributed by atoms with Crippen LogP contribution < -0.4 is 15.4 Å². The zero-order valence-corrected chi connectivity index (χ0v) is 20.5. The van der Waals surface area contributed by atoms with Crippen LogP contribution in [0.4, 0.5) is 0 Å². The molecule has 0 spiro atoms. The molecule has 0 fully saturated rings. The van der Waals surface area contributed by atoms with Crippen LogP contribution in [-0.4, -0.2) is 74.4 Å². The van der Waals surface area contributed by atoms with Crippen LogP contribution in [0.3, 0.4) is 0 Å². The number of unbranched alkanes of at least 4 members (excludes halogenated alkanes) is 2. The van der Waals surface area contributed by atoms with Gasteiger partial charge >= 0.3 is 0 Å². The van der Waals surface area contributed by atoms with Gasteiger partial charge in [0.15, 0.2) is 6.61 Å². The quantitative estimate of drug-likeness (QED) is 0.356. The number of hydrogen-bond acceptors (Lipinski definition) is 6. The zero-order chi connectivity index (χ0) is 24.9. The lowest BCUT2D eigenvalue weighted by molar-refractivity contribution is -0.123. The monoisotopic (exact) mass is 483 g/mol. The van der Waals surface area contributed by atoms with E-state index in [1.807, 2.05) is 6.07 Å². The van der Waals surface area contributed by atoms with Crippen molar-refractivity contribution in [1.29, 1.82) is 0 Å². The number of aliphatic hydroxyl groups excluding tert-OH is 1. The number of fused-ring (bicyclic) bond motifs is 1. The summed E-state index contributed by atoms with van der Waals surface area (Å²) in [5, 5.41) is 16.0. The Morgan fingerprint density at radius 1 is 1.06 bits per heavy atom. The lowest BCUT2D eigenvalue weighted by atomic mass is 10.00. The van der Waals surface area contributed by atoms with Crippen LogP contribution in [0.15, 0.2) is 48.5 Å². The first kappa shape index (κ1) is 26.7. The van der Waals surface area contributed by atoms with E-state index in [1.54, 1.807) is 31.4 Å². The van der Waals surface area contributed by atoms with Gasteiger partial charge in [-0.25, -0.2) is 0 Å². The molecule has 2 aromatic rings. The van der Waals surface area contributed by atoms with Crippen LogP contribution in [0.25, 0.3) is 0 Å². The fourth-order valence-corrected chi connectivity index (χ4v) is 4.08. The minimum atomic E-state index is -0.661. The highest BCUT2D eigenvalue weighted by atomic mass is 16.5. The summed E-state index contributed by atoms with van der Waals surface area (Å²) in [5.74, 6) is -0.0468. The highest BCUT2D eigenvalue weighted by molar-refractivity contribution is 5.94. The highest BCUT2D eigenvalue weighted by Gasteiger charge is 2.19. The number of carbonyl (C=O) groups excluding carboxylic acids is 2. The fourth-order valence-electron chi connectivity index (χ4n) is 4.08. The Hall–Kier alpha value is -2.94. The number of carbonyl (C=O) groups is 2. The van der Waals surface area contributed by atoms with Crippen molar-refractivity contribution in [3.8, 4) is 5.75 Å². The molecule has 2 aromatic carbocycles. The third-order valence-electron chi connectivity index (χ3n) is 5.99. The Morgan fingerprint density at radius 3 is 2.71 bits per heavy atom. The first-order chi connectivity index (χ1) is 17.0. The Balaban J connectivity index is 1.33. The summed E-state index contributed by atoms with van der Waals surface area (Å²) < 4.78 is 10.6. The largest absolute Gasteiger partial charge is 0.484 e. The highest BCUT2D eigenvalue weighted by Crippen LogP contribution is 2.18. The minimum Gasteiger partial charge on any atom is -0.484 e. The molecule has 0 unspecified atom stereocenters. The number of methoxy groups -OCH3 is 1. The van der Waals surface area contributed by atoms with E-state index in [2.05, 4.69) is 33.7 Å². The van der Waals surface area contributed by atoms with Gasteiger partial charge in [-0.1, -0.05) is 30.3 Å². The number of nitrogens with zero attached hydrogens (tertiary/aromatic N) is 1. The second-order valence-electron chi connectivity index (χ2n) is 8.84. The van der Waals surface area contributed by atoms with Gasteiger partial charge in [-0.15, -0.1) is 0 Å². The number of nitrogens with one attached hydrogen (secondary N) is 2. The second-order valence-corrected chi connectivity index (χ2v) is 8.84. The van der Waals surface area contributed by atoms with Gasteiger partial charge in [0.1, 0.15) is 5.75 Å². The molecular formula is C27H37N3O5. The van der Waals surface area contributed by atoms with Gasteiger partial charge in [0.2, 0.25) is 0 Å². The standard InChI is InChI=1S/C27H37N3O5/c1-34-15-6-2-5-13-28-27(33)22-10-7-11-25(16-22)35-20-26(32)29-17-24(31)19-30-14-12-21-8-3-4-9-23(21)18-30/h3-4,7-11,16,24,31H,2,5-6,12-15,17-20H2,1H3,(H,28,33)(H,29,32)/t24-/m1/s1. The Bertz CT molecular complexity index is 952. The third kappa shape index (κ3) is 9.32. The zero-order valence-electron chi connectivity index (χ0n) is 20.5. The minimum absolute atomic E-state index is 0.160. The summed E-state index contributed by atoms with van der Waals surface area (Å²) in [6.07, 6.45) is 3.16. The van der Waals surface area contributed by atoms with Crippen molar-refractivity contribution in [3.05, 3.63) is 65.2 Å². The van der Waals surface area contributed by atoms with Gasteiger partial charge in [-0.2, -0.15) is 0 Å². The van der Waals surface area contributed by atoms with Crippen LogP contribution in [0.5, 0.6) is 5.75 Å². The van der Waals surface area contributed by atoms with Crippen molar-refractivity contribution < 1.29 is 24.2 Å². The summed E-state index contributed by atoms with van der Waals surface area (Å²) in [6.45, 7) is 3.50. The molecule has 0 aliphatic carbocycles. The van der Waals surface area contributed by atoms with Gasteiger partial charge in [0.05, 0.1) is 6.10 Å². The average Bonchev–Trinajstić information content (AvgIpc) is 2.88. The molecule has 1 aliphatic rings. The summed E-state index contributed by atoms with van der Waals surface area (Å²) in [4.78, 5) is 26.7. The molecule has 1 aliphatic heterocycles. The number of β-amino-alcohol motifs (C(OH)–C–C–N with tert-alkyl or cyclic N) is 1. The van der Waals surface area contributed by atoms with Crippen LogP contribution >= 0.6 is 0 Å². The fraction of sp³-hybridized carbons (Fsp3) is 0.481. The predicted octanol–water partition coefficient (Wildman–Crippen LogP) is 2.15. The second kappa shape index (κ2) is 14.5. The van der Waals surface area contributed by atoms with E-state index >= 15 is 0 Å². The van der Waals surface area contributed by atoms with Gasteiger partial charge in [0.25, 0.3) is 11.8 Å². The van der Waals surface area contributed by atoms with Gasteiger partial charge in [-0.05, 0) is 55.0 Å². The summed E-state index contributed by atoms with van der Waals surface area (Å²) in [5.41, 5.74) is 3.14. The SMILES string of the molecule is COCCCCCNC(=O)c1cccc(OCC(=O)NC[C@@H](O)CN2CCc3ccccc3C2)c1. The maximum atomic E-state index is 12.3. The van der Waals surface area contributed by atoms with E-state index in [9.17, 15) is 14.7 Å². The Kier molecular flexibility index (Phi) is 11.0. The smallest absolute Gasteiger partial charge is 0.258 e. The first-order valence-electron chi connectivity index (χ1n) is 12.3. The van der Waals surface area contributed by atoms with Gasteiger partial charge < -0.3 is 25.2 Å². The summed E-state index contributed by atoms with van der Waals surface area (Å²) >= 11 is 0. The van der Waals surface area contributed by atoms with Crippen molar-refractivity contribution in [2.75, 3.05) is 46.5 Å². The molecule has 3 N–H and O–H groups in total. The molecule has 2 amide bonds. The number of hydrogen-bond donors (Lipinski definition) is 3. The molecular weight excluding hydrogens is 446 g/mol. The Labute approximate surface area is 207 Å². The Morgan fingerprint density at radius 2 is 1.89 bits per heavy atom. The molecule has 0 bridgehead atoms.